The van der Waals surface area contributed by atoms with Crippen LogP contribution in [0.25, 0.3) is 0 Å². The van der Waals surface area contributed by atoms with E-state index in [0.717, 1.165) is 41.9 Å². The molecule has 2 aliphatic heterocycles. The summed E-state index contributed by atoms with van der Waals surface area (Å²) in [5.74, 6) is 1.24. The Morgan fingerprint density at radius 3 is 2.49 bits per heavy atom. The maximum absolute atomic E-state index is 13.6. The zero-order chi connectivity index (χ0) is 25.2. The maximum atomic E-state index is 13.6. The lowest BCUT2D eigenvalue weighted by Crippen LogP contribution is -2.44. The molecule has 1 N–H and O–H groups in total. The molecule has 2 aromatic rings. The molecule has 2 heterocycles. The normalized spacial score (nSPS) is 20.2. The Bertz CT molecular complexity index is 1170. The third-order valence-electron chi connectivity index (χ3n) is 7.57. The number of fused-ring (bicyclic) bond motifs is 1. The molecule has 4 rings (SSSR count). The van der Waals surface area contributed by atoms with Crippen LogP contribution in [0, 0.1) is 5.92 Å². The highest BCUT2D eigenvalue weighted by Crippen LogP contribution is 2.43. The molecule has 0 saturated carbocycles. The SMILES string of the molecule is CCC1(CC)C[C@H](NS(=O)(=O)c2ccc(SC)c(C(=O)N3CCC(C)CC3)c2)c2ccccc2O1. The number of sulfonamides is 1. The van der Waals surface area contributed by atoms with E-state index in [1.807, 2.05) is 35.4 Å². The number of nitrogens with one attached hydrogen (secondary N) is 1. The van der Waals surface area contributed by atoms with Gasteiger partial charge in [-0.05, 0) is 62.1 Å². The molecule has 0 bridgehead atoms. The van der Waals surface area contributed by atoms with Gasteiger partial charge in [0.1, 0.15) is 11.4 Å². The molecule has 1 atom stereocenters. The number of para-hydroxylation sites is 1. The van der Waals surface area contributed by atoms with Crippen molar-refractivity contribution in [2.75, 3.05) is 19.3 Å². The second-order valence-corrected chi connectivity index (χ2v) is 12.3. The third kappa shape index (κ3) is 5.39. The number of benzene rings is 2. The first-order chi connectivity index (χ1) is 16.7. The molecule has 1 amide bonds. The predicted octanol–water partition coefficient (Wildman–Crippen LogP) is 5.64. The van der Waals surface area contributed by atoms with Gasteiger partial charge in [-0.15, -0.1) is 11.8 Å². The van der Waals surface area contributed by atoms with Crippen molar-refractivity contribution in [3.63, 3.8) is 0 Å². The molecule has 1 fully saturated rings. The number of carbonyl (C=O) groups excluding carboxylic acids is 1. The van der Waals surface area contributed by atoms with Crippen LogP contribution < -0.4 is 9.46 Å². The van der Waals surface area contributed by atoms with E-state index in [0.29, 0.717) is 31.0 Å². The second kappa shape index (κ2) is 10.5. The second-order valence-electron chi connectivity index (χ2n) is 9.74. The van der Waals surface area contributed by atoms with Crippen molar-refractivity contribution in [2.24, 2.45) is 5.92 Å². The molecule has 0 aliphatic carbocycles. The predicted molar refractivity (Wildman–Crippen MR) is 141 cm³/mol. The molecular weight excluding hydrogens is 480 g/mol. The van der Waals surface area contributed by atoms with E-state index in [1.165, 1.54) is 11.8 Å². The Kier molecular flexibility index (Phi) is 7.83. The Labute approximate surface area is 213 Å². The molecule has 6 nitrogen and oxygen atoms in total. The number of likely N-dealkylation sites (tertiary alicyclic amines) is 1. The van der Waals surface area contributed by atoms with E-state index < -0.39 is 21.7 Å². The van der Waals surface area contributed by atoms with E-state index >= 15 is 0 Å². The van der Waals surface area contributed by atoms with Crippen LogP contribution in [0.15, 0.2) is 52.3 Å². The summed E-state index contributed by atoms with van der Waals surface area (Å²) in [7, 11) is -3.88. The number of rotatable bonds is 7. The number of hydrogen-bond donors (Lipinski definition) is 1. The molecule has 1 saturated heterocycles. The van der Waals surface area contributed by atoms with Gasteiger partial charge in [0.05, 0.1) is 16.5 Å². The molecule has 190 valence electrons. The molecule has 0 unspecified atom stereocenters. The van der Waals surface area contributed by atoms with Crippen molar-refractivity contribution in [1.82, 2.24) is 9.62 Å². The van der Waals surface area contributed by atoms with Crippen LogP contribution in [0.3, 0.4) is 0 Å². The Balaban J connectivity index is 1.65. The van der Waals surface area contributed by atoms with E-state index in [-0.39, 0.29) is 10.8 Å². The third-order valence-corrected chi connectivity index (χ3v) is 9.83. The molecule has 0 radical (unpaired) electrons. The zero-order valence-corrected chi connectivity index (χ0v) is 22.7. The highest BCUT2D eigenvalue weighted by atomic mass is 32.2. The van der Waals surface area contributed by atoms with Crippen molar-refractivity contribution in [2.45, 2.75) is 74.3 Å². The number of amides is 1. The summed E-state index contributed by atoms with van der Waals surface area (Å²) in [6, 6.07) is 12.1. The van der Waals surface area contributed by atoms with Crippen molar-refractivity contribution in [3.8, 4) is 5.75 Å². The summed E-state index contributed by atoms with van der Waals surface area (Å²) in [6.07, 6.45) is 5.97. The van der Waals surface area contributed by atoms with Crippen LogP contribution in [0.5, 0.6) is 5.75 Å². The van der Waals surface area contributed by atoms with Gasteiger partial charge in [0.2, 0.25) is 10.0 Å². The smallest absolute Gasteiger partial charge is 0.255 e. The topological polar surface area (TPSA) is 75.7 Å². The van der Waals surface area contributed by atoms with Gasteiger partial charge in [-0.2, -0.15) is 0 Å². The number of hydrogen-bond acceptors (Lipinski definition) is 5. The first kappa shape index (κ1) is 26.0. The minimum absolute atomic E-state index is 0.0919. The van der Waals surface area contributed by atoms with Crippen LogP contribution in [0.2, 0.25) is 0 Å². The number of piperidine rings is 1. The van der Waals surface area contributed by atoms with Gasteiger partial charge in [0.15, 0.2) is 0 Å². The lowest BCUT2D eigenvalue weighted by molar-refractivity contribution is 0.0260. The number of carbonyl (C=O) groups is 1. The average Bonchev–Trinajstić information content (AvgIpc) is 2.88. The van der Waals surface area contributed by atoms with Crippen LogP contribution in [-0.4, -0.2) is 44.2 Å². The summed E-state index contributed by atoms with van der Waals surface area (Å²) in [6.45, 7) is 7.76. The Morgan fingerprint density at radius 1 is 1.14 bits per heavy atom. The van der Waals surface area contributed by atoms with Gasteiger partial charge in [-0.3, -0.25) is 4.79 Å². The van der Waals surface area contributed by atoms with Crippen LogP contribution in [0.4, 0.5) is 0 Å². The fraction of sp³-hybridized carbons (Fsp3) is 0.519. The van der Waals surface area contributed by atoms with Crippen molar-refractivity contribution in [3.05, 3.63) is 53.6 Å². The lowest BCUT2D eigenvalue weighted by Gasteiger charge is -2.41. The highest BCUT2D eigenvalue weighted by molar-refractivity contribution is 7.98. The molecule has 2 aromatic carbocycles. The molecule has 8 heteroatoms. The van der Waals surface area contributed by atoms with Crippen LogP contribution in [-0.2, 0) is 10.0 Å². The van der Waals surface area contributed by atoms with Gasteiger partial charge in [-0.1, -0.05) is 39.0 Å². The average molecular weight is 517 g/mol. The van der Waals surface area contributed by atoms with E-state index in [2.05, 4.69) is 25.5 Å². The van der Waals surface area contributed by atoms with Crippen molar-refractivity contribution >= 4 is 27.7 Å². The monoisotopic (exact) mass is 516 g/mol. The van der Waals surface area contributed by atoms with Crippen LogP contribution in [0.1, 0.15) is 74.8 Å². The fourth-order valence-corrected chi connectivity index (χ4v) is 6.88. The number of thioether (sulfide) groups is 1. The molecule has 2 aliphatic rings. The van der Waals surface area contributed by atoms with E-state index in [9.17, 15) is 13.2 Å². The number of ether oxygens (including phenoxy) is 1. The fourth-order valence-electron chi connectivity index (χ4n) is 5.07. The van der Waals surface area contributed by atoms with Crippen molar-refractivity contribution < 1.29 is 17.9 Å². The molecule has 35 heavy (non-hydrogen) atoms. The minimum Gasteiger partial charge on any atom is -0.487 e. The molecule has 0 spiro atoms. The first-order valence-corrected chi connectivity index (χ1v) is 15.2. The zero-order valence-electron chi connectivity index (χ0n) is 21.0. The standard InChI is InChI=1S/C27H36N2O4S2/c1-5-27(6-2)18-23(21-9-7-8-10-24(21)33-27)28-35(31,32)20-11-12-25(34-4)22(17-20)26(30)29-15-13-19(3)14-16-29/h7-12,17,19,23,28H,5-6,13-16,18H2,1-4H3/t23-/m0/s1. The van der Waals surface area contributed by atoms with Gasteiger partial charge in [-0.25, -0.2) is 13.1 Å². The summed E-state index contributed by atoms with van der Waals surface area (Å²) < 4.78 is 36.5. The number of nitrogens with zero attached hydrogens (tertiary/aromatic N) is 1. The summed E-state index contributed by atoms with van der Waals surface area (Å²) >= 11 is 1.46. The molecular formula is C27H36N2O4S2. The van der Waals surface area contributed by atoms with Gasteiger partial charge >= 0.3 is 0 Å². The summed E-state index contributed by atoms with van der Waals surface area (Å²) in [5, 5.41) is 0. The Morgan fingerprint density at radius 2 is 1.83 bits per heavy atom. The summed E-state index contributed by atoms with van der Waals surface area (Å²) in [5.41, 5.74) is 0.878. The lowest BCUT2D eigenvalue weighted by atomic mass is 9.84. The minimum atomic E-state index is -3.88. The quantitative estimate of drug-likeness (QED) is 0.482. The van der Waals surface area contributed by atoms with Gasteiger partial charge in [0, 0.05) is 30.0 Å². The maximum Gasteiger partial charge on any atom is 0.255 e. The summed E-state index contributed by atoms with van der Waals surface area (Å²) in [4.78, 5) is 16.1. The largest absolute Gasteiger partial charge is 0.487 e. The highest BCUT2D eigenvalue weighted by Gasteiger charge is 2.40. The first-order valence-electron chi connectivity index (χ1n) is 12.5. The van der Waals surface area contributed by atoms with Gasteiger partial charge in [0.25, 0.3) is 5.91 Å². The van der Waals surface area contributed by atoms with Crippen molar-refractivity contribution in [1.29, 1.82) is 0 Å². The van der Waals surface area contributed by atoms with Crippen LogP contribution >= 0.6 is 11.8 Å². The Hall–Kier alpha value is -2.03. The van der Waals surface area contributed by atoms with Gasteiger partial charge < -0.3 is 9.64 Å². The molecule has 0 aromatic heterocycles. The van der Waals surface area contributed by atoms with E-state index in [1.54, 1.807) is 18.2 Å². The van der Waals surface area contributed by atoms with E-state index in [4.69, 9.17) is 4.74 Å².